The number of H-pyrrole nitrogens is 1. The van der Waals surface area contributed by atoms with Gasteiger partial charge in [0.25, 0.3) is 0 Å². The summed E-state index contributed by atoms with van der Waals surface area (Å²) in [7, 11) is 0. The molecule has 2 aromatic heterocycles. The molecule has 15 heavy (non-hydrogen) atoms. The van der Waals surface area contributed by atoms with Crippen molar-refractivity contribution in [1.29, 1.82) is 0 Å². The zero-order valence-electron chi connectivity index (χ0n) is 8.61. The van der Waals surface area contributed by atoms with E-state index in [0.717, 1.165) is 16.1 Å². The molecule has 0 aliphatic rings. The van der Waals surface area contributed by atoms with E-state index in [0.29, 0.717) is 5.82 Å². The summed E-state index contributed by atoms with van der Waals surface area (Å²) in [6.45, 7) is 4.03. The average Bonchev–Trinajstić information content (AvgIpc) is 2.83. The quantitative estimate of drug-likeness (QED) is 0.742. The number of rotatable bonds is 3. The van der Waals surface area contributed by atoms with Gasteiger partial charge < -0.3 is 11.1 Å². The first-order valence-electron chi connectivity index (χ1n) is 4.65. The Morgan fingerprint density at radius 1 is 1.60 bits per heavy atom. The van der Waals surface area contributed by atoms with Gasteiger partial charge in [-0.3, -0.25) is 5.10 Å². The van der Waals surface area contributed by atoms with E-state index in [1.807, 2.05) is 13.1 Å². The van der Waals surface area contributed by atoms with Gasteiger partial charge >= 0.3 is 0 Å². The van der Waals surface area contributed by atoms with Crippen LogP contribution in [0, 0.1) is 6.92 Å². The lowest BCUT2D eigenvalue weighted by Crippen LogP contribution is -2.05. The summed E-state index contributed by atoms with van der Waals surface area (Å²) in [6.07, 6.45) is 3.68. The molecule has 0 aliphatic heterocycles. The van der Waals surface area contributed by atoms with Crippen LogP contribution in [0.15, 0.2) is 12.4 Å². The Kier molecular flexibility index (Phi) is 2.59. The predicted molar refractivity (Wildman–Crippen MR) is 61.9 cm³/mol. The minimum absolute atomic E-state index is 0.197. The molecule has 4 N–H and O–H groups in total. The molecule has 0 amide bonds. The molecule has 0 radical (unpaired) electrons. The van der Waals surface area contributed by atoms with Crippen LogP contribution in [0.3, 0.4) is 0 Å². The lowest BCUT2D eigenvalue weighted by molar-refractivity contribution is 0.889. The molecule has 0 saturated heterocycles. The first-order valence-corrected chi connectivity index (χ1v) is 5.42. The number of hydrogen-bond donors (Lipinski definition) is 3. The van der Waals surface area contributed by atoms with Crippen molar-refractivity contribution in [3.05, 3.63) is 23.5 Å². The van der Waals surface area contributed by atoms with Crippen LogP contribution in [0.25, 0.3) is 0 Å². The Hall–Kier alpha value is -1.56. The van der Waals surface area contributed by atoms with Crippen LogP contribution in [-0.2, 0) is 0 Å². The summed E-state index contributed by atoms with van der Waals surface area (Å²) in [5, 5.41) is 11.1. The van der Waals surface area contributed by atoms with Crippen molar-refractivity contribution in [2.75, 3.05) is 11.1 Å². The highest BCUT2D eigenvalue weighted by atomic mass is 32.1. The second kappa shape index (κ2) is 3.90. The Labute approximate surface area is 91.9 Å². The van der Waals surface area contributed by atoms with Gasteiger partial charge in [-0.25, -0.2) is 0 Å². The third-order valence-corrected chi connectivity index (χ3v) is 3.22. The van der Waals surface area contributed by atoms with Crippen LogP contribution in [0.4, 0.5) is 10.8 Å². The van der Waals surface area contributed by atoms with Crippen LogP contribution >= 0.6 is 11.5 Å². The third-order valence-electron chi connectivity index (χ3n) is 2.33. The Morgan fingerprint density at radius 2 is 2.40 bits per heavy atom. The monoisotopic (exact) mass is 223 g/mol. The molecule has 2 aromatic rings. The van der Waals surface area contributed by atoms with Gasteiger partial charge in [0.2, 0.25) is 0 Å². The lowest BCUT2D eigenvalue weighted by Gasteiger charge is -2.11. The highest BCUT2D eigenvalue weighted by molar-refractivity contribution is 7.10. The first kappa shape index (κ1) is 9.97. The van der Waals surface area contributed by atoms with E-state index < -0.39 is 0 Å². The second-order valence-corrected chi connectivity index (χ2v) is 4.19. The summed E-state index contributed by atoms with van der Waals surface area (Å²) in [5.41, 5.74) is 7.80. The number of nitrogen functional groups attached to an aromatic ring is 1. The van der Waals surface area contributed by atoms with Crippen LogP contribution in [-0.4, -0.2) is 14.6 Å². The summed E-state index contributed by atoms with van der Waals surface area (Å²) in [6, 6.07) is 0.197. The Bertz CT molecular complexity index is 433. The average molecular weight is 223 g/mol. The highest BCUT2D eigenvalue weighted by Crippen LogP contribution is 2.28. The molecule has 6 heteroatoms. The van der Waals surface area contributed by atoms with Crippen molar-refractivity contribution in [1.82, 2.24) is 14.6 Å². The molecule has 1 unspecified atom stereocenters. The number of nitrogens with one attached hydrogen (secondary N) is 2. The predicted octanol–water partition coefficient (Wildman–Crippen LogP) is 1.93. The summed E-state index contributed by atoms with van der Waals surface area (Å²) in [4.78, 5) is 0. The van der Waals surface area contributed by atoms with Crippen molar-refractivity contribution in [3.8, 4) is 0 Å². The molecule has 0 spiro atoms. The summed E-state index contributed by atoms with van der Waals surface area (Å²) < 4.78 is 4.08. The minimum atomic E-state index is 0.197. The summed E-state index contributed by atoms with van der Waals surface area (Å²) >= 11 is 1.39. The molecule has 0 bridgehead atoms. The molecule has 1 atom stereocenters. The maximum absolute atomic E-state index is 5.68. The van der Waals surface area contributed by atoms with Gasteiger partial charge in [0.1, 0.15) is 10.8 Å². The SMILES string of the molecule is Cc1c(N)nsc1NC(C)c1cn[nH]c1. The molecular formula is C9H13N5S. The zero-order valence-corrected chi connectivity index (χ0v) is 9.43. The smallest absolute Gasteiger partial charge is 0.142 e. The third kappa shape index (κ3) is 1.94. The second-order valence-electron chi connectivity index (χ2n) is 3.42. The van der Waals surface area contributed by atoms with Crippen LogP contribution in [0.1, 0.15) is 24.1 Å². The Morgan fingerprint density at radius 3 is 2.93 bits per heavy atom. The van der Waals surface area contributed by atoms with Gasteiger partial charge in [0, 0.05) is 17.3 Å². The molecule has 2 rings (SSSR count). The van der Waals surface area contributed by atoms with E-state index in [1.54, 1.807) is 6.20 Å². The van der Waals surface area contributed by atoms with Gasteiger partial charge in [0.15, 0.2) is 0 Å². The minimum Gasteiger partial charge on any atom is -0.383 e. The fraction of sp³-hybridized carbons (Fsp3) is 0.333. The topological polar surface area (TPSA) is 79.6 Å². The molecular weight excluding hydrogens is 210 g/mol. The highest BCUT2D eigenvalue weighted by Gasteiger charge is 2.11. The van der Waals surface area contributed by atoms with Crippen LogP contribution < -0.4 is 11.1 Å². The molecule has 2 heterocycles. The Balaban J connectivity index is 2.12. The van der Waals surface area contributed by atoms with Crippen molar-refractivity contribution in [3.63, 3.8) is 0 Å². The van der Waals surface area contributed by atoms with E-state index in [1.165, 1.54) is 11.5 Å². The summed E-state index contributed by atoms with van der Waals surface area (Å²) in [5.74, 6) is 0.599. The molecule has 0 aliphatic carbocycles. The maximum atomic E-state index is 5.68. The van der Waals surface area contributed by atoms with E-state index in [9.17, 15) is 0 Å². The number of aromatic amines is 1. The van der Waals surface area contributed by atoms with Crippen molar-refractivity contribution >= 4 is 22.4 Å². The molecule has 5 nitrogen and oxygen atoms in total. The lowest BCUT2D eigenvalue weighted by atomic mass is 10.2. The first-order chi connectivity index (χ1) is 7.18. The van der Waals surface area contributed by atoms with E-state index in [2.05, 4.69) is 26.8 Å². The number of hydrogen-bond acceptors (Lipinski definition) is 5. The van der Waals surface area contributed by atoms with Gasteiger partial charge in [0.05, 0.1) is 12.2 Å². The number of anilines is 2. The number of aromatic nitrogens is 3. The normalized spacial score (nSPS) is 12.7. The van der Waals surface area contributed by atoms with Gasteiger partial charge in [-0.05, 0) is 25.4 Å². The number of nitrogens with zero attached hydrogens (tertiary/aromatic N) is 2. The molecule has 80 valence electrons. The fourth-order valence-electron chi connectivity index (χ4n) is 1.26. The standard InChI is InChI=1S/C9H13N5S/c1-5-8(10)14-15-9(5)13-6(2)7-3-11-12-4-7/h3-4,6,13H,1-2H3,(H2,10,14)(H,11,12). The van der Waals surface area contributed by atoms with Crippen LogP contribution in [0.2, 0.25) is 0 Å². The van der Waals surface area contributed by atoms with Gasteiger partial charge in [-0.1, -0.05) is 0 Å². The van der Waals surface area contributed by atoms with Crippen molar-refractivity contribution in [2.45, 2.75) is 19.9 Å². The molecule has 0 aromatic carbocycles. The van der Waals surface area contributed by atoms with Gasteiger partial charge in [-0.2, -0.15) is 9.47 Å². The van der Waals surface area contributed by atoms with E-state index >= 15 is 0 Å². The van der Waals surface area contributed by atoms with E-state index in [-0.39, 0.29) is 6.04 Å². The number of nitrogens with two attached hydrogens (primary N) is 1. The van der Waals surface area contributed by atoms with Crippen molar-refractivity contribution in [2.24, 2.45) is 0 Å². The van der Waals surface area contributed by atoms with Crippen molar-refractivity contribution < 1.29 is 0 Å². The fourth-order valence-corrected chi connectivity index (χ4v) is 2.06. The molecule has 0 fully saturated rings. The van der Waals surface area contributed by atoms with Gasteiger partial charge in [-0.15, -0.1) is 0 Å². The zero-order chi connectivity index (χ0) is 10.8. The van der Waals surface area contributed by atoms with E-state index in [4.69, 9.17) is 5.73 Å². The molecule has 0 saturated carbocycles. The largest absolute Gasteiger partial charge is 0.383 e. The van der Waals surface area contributed by atoms with Crippen LogP contribution in [0.5, 0.6) is 0 Å². The maximum Gasteiger partial charge on any atom is 0.142 e.